The van der Waals surface area contributed by atoms with Gasteiger partial charge in [-0.2, -0.15) is 4.98 Å². The highest BCUT2D eigenvalue weighted by Gasteiger charge is 2.45. The smallest absolute Gasteiger partial charge is 0.262 e. The standard InChI is InChI=1S/C46H56FN11O6S/c1-27(2)57-25-34(33-24-49-39(23-36(33)57)51-38-8-15-48-45(52-38)56-21-14-37(64-3)46(47,65)26-56)41(60)50-29-12-17-54(18-13-29)16-9-28-10-19-55(20-11-28)30-4-5-31-32(22-30)44(63)58(43(31)62)35-6-7-40(59)53-42(35)61/h4-5,8,15,22-25,27-29,35,37,65H,6-7,9-14,16-21,26H2,1-3H3,(H,50,60)(H,53,59,61)(H,48,49,51,52)/t35?,37-,46+/m0/s1. The number of nitrogens with one attached hydrogen (secondary N) is 3. The number of hydrogen-bond acceptors (Lipinski definition) is 14. The molecule has 8 heterocycles. The molecule has 5 aliphatic rings. The molecular weight excluding hydrogens is 854 g/mol. The van der Waals surface area contributed by atoms with Crippen molar-refractivity contribution >= 4 is 76.3 Å². The number of hydrogen-bond donors (Lipinski definition) is 4. The lowest BCUT2D eigenvalue weighted by molar-refractivity contribution is -0.136. The number of pyridine rings is 1. The Morgan fingerprint density at radius 3 is 2.42 bits per heavy atom. The number of alkyl halides is 1. The van der Waals surface area contributed by atoms with E-state index in [4.69, 9.17) is 4.74 Å². The molecule has 0 radical (unpaired) electrons. The van der Waals surface area contributed by atoms with Crippen molar-refractivity contribution in [3.8, 4) is 0 Å². The van der Waals surface area contributed by atoms with E-state index in [0.717, 1.165) is 86.3 Å². The van der Waals surface area contributed by atoms with Gasteiger partial charge in [0.1, 0.15) is 23.8 Å². The van der Waals surface area contributed by atoms with Crippen molar-refractivity contribution in [1.82, 2.24) is 40.0 Å². The number of imide groups is 2. The Hall–Kier alpha value is -5.66. The van der Waals surface area contributed by atoms with Crippen molar-refractivity contribution in [2.24, 2.45) is 5.92 Å². The molecule has 0 spiro atoms. The molecule has 9 rings (SSSR count). The average Bonchev–Trinajstić information content (AvgIpc) is 3.80. The first kappa shape index (κ1) is 44.5. The van der Waals surface area contributed by atoms with Crippen LogP contribution in [-0.4, -0.2) is 135 Å². The third-order valence-electron chi connectivity index (χ3n) is 13.7. The number of fused-ring (bicyclic) bond motifs is 2. The lowest BCUT2D eigenvalue weighted by Gasteiger charge is -2.39. The molecule has 3 atom stereocenters. The van der Waals surface area contributed by atoms with Gasteiger partial charge in [0.25, 0.3) is 17.7 Å². The van der Waals surface area contributed by atoms with E-state index in [9.17, 15) is 24.0 Å². The van der Waals surface area contributed by atoms with Gasteiger partial charge in [0.15, 0.2) is 5.00 Å². The number of amides is 5. The maximum absolute atomic E-state index is 15.2. The topological polar surface area (TPSA) is 187 Å². The lowest BCUT2D eigenvalue weighted by Crippen LogP contribution is -2.54. The van der Waals surface area contributed by atoms with Crippen LogP contribution >= 0.6 is 12.6 Å². The van der Waals surface area contributed by atoms with E-state index >= 15 is 4.39 Å². The first-order valence-corrected chi connectivity index (χ1v) is 23.1. The van der Waals surface area contributed by atoms with Gasteiger partial charge in [0.05, 0.1) is 28.8 Å². The molecule has 344 valence electrons. The van der Waals surface area contributed by atoms with Crippen LogP contribution in [0, 0.1) is 5.92 Å². The van der Waals surface area contributed by atoms with Gasteiger partial charge in [0, 0.05) is 94.1 Å². The van der Waals surface area contributed by atoms with Gasteiger partial charge in [-0.1, -0.05) is 0 Å². The Kier molecular flexibility index (Phi) is 12.5. The van der Waals surface area contributed by atoms with Crippen LogP contribution in [-0.2, 0) is 14.3 Å². The van der Waals surface area contributed by atoms with Crippen LogP contribution in [0.4, 0.5) is 27.7 Å². The number of anilines is 4. The molecule has 4 aromatic rings. The van der Waals surface area contributed by atoms with Crippen LogP contribution in [0.2, 0.25) is 0 Å². The second kappa shape index (κ2) is 18.3. The fraction of sp³-hybridized carbons (Fsp3) is 0.522. The summed E-state index contributed by atoms with van der Waals surface area (Å²) in [4.78, 5) is 85.7. The molecule has 1 unspecified atom stereocenters. The summed E-state index contributed by atoms with van der Waals surface area (Å²) in [6.07, 6.45) is 10.2. The molecule has 3 N–H and O–H groups in total. The van der Waals surface area contributed by atoms with Crippen molar-refractivity contribution in [3.63, 3.8) is 0 Å². The van der Waals surface area contributed by atoms with Crippen LogP contribution < -0.4 is 25.8 Å². The van der Waals surface area contributed by atoms with Gasteiger partial charge >= 0.3 is 0 Å². The first-order valence-electron chi connectivity index (χ1n) is 22.7. The van der Waals surface area contributed by atoms with Gasteiger partial charge in [-0.05, 0) is 95.5 Å². The third kappa shape index (κ3) is 9.14. The van der Waals surface area contributed by atoms with Gasteiger partial charge in [-0.15, -0.1) is 12.6 Å². The number of aromatic nitrogens is 4. The normalized spacial score (nSPS) is 23.7. The second-order valence-electron chi connectivity index (χ2n) is 18.2. The van der Waals surface area contributed by atoms with Crippen LogP contribution in [0.25, 0.3) is 10.9 Å². The SMILES string of the molecule is CO[C@H]1CCN(c2nccc(Nc3cc4c(cn3)c(C(=O)NC3CCN(CCC5CCN(c6ccc7c(c6)C(=O)N(C6CCC(=O)NC6=O)C7=O)CC5)CC3)cn4C(C)C)n2)C[C@@]1(F)S. The van der Waals surface area contributed by atoms with Crippen molar-refractivity contribution in [2.75, 3.05) is 68.0 Å². The summed E-state index contributed by atoms with van der Waals surface area (Å²) in [6.45, 7) is 9.17. The number of ether oxygens (including phenoxy) is 1. The number of carbonyl (C=O) groups excluding carboxylic acids is 5. The molecule has 4 saturated heterocycles. The molecule has 0 aliphatic carbocycles. The van der Waals surface area contributed by atoms with E-state index in [1.165, 1.54) is 7.11 Å². The van der Waals surface area contributed by atoms with Crippen LogP contribution in [0.1, 0.15) is 102 Å². The van der Waals surface area contributed by atoms with Crippen LogP contribution in [0.3, 0.4) is 0 Å². The number of likely N-dealkylation sites (tertiary alicyclic amines) is 1. The highest BCUT2D eigenvalue weighted by Crippen LogP contribution is 2.35. The van der Waals surface area contributed by atoms with E-state index in [0.29, 0.717) is 53.2 Å². The average molecular weight is 910 g/mol. The number of thiol groups is 1. The first-order chi connectivity index (χ1) is 31.3. The number of rotatable bonds is 12. The summed E-state index contributed by atoms with van der Waals surface area (Å²) in [5.41, 5.74) is 2.94. The van der Waals surface area contributed by atoms with Crippen molar-refractivity contribution in [2.45, 2.75) is 94.4 Å². The van der Waals surface area contributed by atoms with E-state index in [1.54, 1.807) is 35.5 Å². The van der Waals surface area contributed by atoms with Gasteiger partial charge in [-0.25, -0.2) is 14.4 Å². The highest BCUT2D eigenvalue weighted by molar-refractivity contribution is 7.81. The van der Waals surface area contributed by atoms with Gasteiger partial charge in [0.2, 0.25) is 17.8 Å². The van der Waals surface area contributed by atoms with Crippen molar-refractivity contribution in [3.05, 3.63) is 65.6 Å². The molecule has 0 saturated carbocycles. The number of halogens is 1. The molecular formula is C46H56FN11O6S. The summed E-state index contributed by atoms with van der Waals surface area (Å²) in [5, 5.41) is 7.75. The monoisotopic (exact) mass is 909 g/mol. The molecule has 3 aromatic heterocycles. The summed E-state index contributed by atoms with van der Waals surface area (Å²) >= 11 is 4.21. The van der Waals surface area contributed by atoms with Crippen molar-refractivity contribution in [1.29, 1.82) is 0 Å². The lowest BCUT2D eigenvalue weighted by atomic mass is 9.92. The summed E-state index contributed by atoms with van der Waals surface area (Å²) < 4.78 is 22.5. The van der Waals surface area contributed by atoms with Crippen LogP contribution in [0.5, 0.6) is 0 Å². The van der Waals surface area contributed by atoms with E-state index in [-0.39, 0.29) is 37.4 Å². The zero-order valence-electron chi connectivity index (χ0n) is 37.0. The van der Waals surface area contributed by atoms with E-state index < -0.39 is 40.8 Å². The zero-order chi connectivity index (χ0) is 45.6. The fourth-order valence-corrected chi connectivity index (χ4v) is 10.4. The minimum Gasteiger partial charge on any atom is -0.377 e. The molecule has 4 fully saturated rings. The minimum atomic E-state index is -1.84. The quantitative estimate of drug-likeness (QED) is 0.112. The molecule has 1 aromatic carbocycles. The predicted octanol–water partition coefficient (Wildman–Crippen LogP) is 4.87. The van der Waals surface area contributed by atoms with Crippen LogP contribution in [0.15, 0.2) is 48.9 Å². The minimum absolute atomic E-state index is 0.00827. The van der Waals surface area contributed by atoms with Gasteiger partial charge < -0.3 is 34.6 Å². The number of nitrogens with zero attached hydrogens (tertiary/aromatic N) is 8. The summed E-state index contributed by atoms with van der Waals surface area (Å²) in [6, 6.07) is 8.15. The Bertz CT molecular complexity index is 2500. The zero-order valence-corrected chi connectivity index (χ0v) is 37.9. The maximum atomic E-state index is 15.2. The van der Waals surface area contributed by atoms with E-state index in [1.807, 2.05) is 18.3 Å². The molecule has 5 amide bonds. The largest absolute Gasteiger partial charge is 0.377 e. The Morgan fingerprint density at radius 1 is 0.938 bits per heavy atom. The number of carbonyl (C=O) groups is 5. The maximum Gasteiger partial charge on any atom is 0.262 e. The number of benzene rings is 1. The molecule has 5 aliphatic heterocycles. The summed E-state index contributed by atoms with van der Waals surface area (Å²) in [5.74, 6) is -0.0919. The van der Waals surface area contributed by atoms with Gasteiger partial charge in [-0.3, -0.25) is 34.2 Å². The van der Waals surface area contributed by atoms with E-state index in [2.05, 4.69) is 71.7 Å². The number of methoxy groups -OCH3 is 1. The molecule has 17 nitrogen and oxygen atoms in total. The number of piperidine rings is 4. The Balaban J connectivity index is 0.745. The Morgan fingerprint density at radius 2 is 1.69 bits per heavy atom. The summed E-state index contributed by atoms with van der Waals surface area (Å²) in [7, 11) is 1.49. The fourth-order valence-electron chi connectivity index (χ4n) is 10.00. The molecule has 19 heteroatoms. The molecule has 0 bridgehead atoms. The van der Waals surface area contributed by atoms with Crippen molar-refractivity contribution < 1.29 is 33.1 Å². The Labute approximate surface area is 382 Å². The third-order valence-corrected chi connectivity index (χ3v) is 14.2. The highest BCUT2D eigenvalue weighted by atomic mass is 32.1. The molecule has 65 heavy (non-hydrogen) atoms. The second-order valence-corrected chi connectivity index (χ2v) is 19.0. The predicted molar refractivity (Wildman–Crippen MR) is 245 cm³/mol.